The first-order valence-electron chi connectivity index (χ1n) is 3.53. The molecule has 0 aliphatic carbocycles. The Morgan fingerprint density at radius 1 is 0.941 bits per heavy atom. The van der Waals surface area contributed by atoms with Crippen LogP contribution >= 0.6 is 0 Å². The molecule has 0 radical (unpaired) electrons. The molecule has 0 aromatic heterocycles. The lowest BCUT2D eigenvalue weighted by atomic mass is 10.3. The summed E-state index contributed by atoms with van der Waals surface area (Å²) in [5, 5.41) is 0. The largest absolute Gasteiger partial charge is 0.430 e. The predicted molar refractivity (Wildman–Crippen MR) is 33.0 cm³/mol. The zero-order valence-corrected chi connectivity index (χ0v) is 7.40. The summed E-state index contributed by atoms with van der Waals surface area (Å²) in [4.78, 5) is 20.3. The van der Waals surface area contributed by atoms with Crippen molar-refractivity contribution in [2.24, 2.45) is 0 Å². The Morgan fingerprint density at radius 3 is 1.65 bits per heavy atom. The number of alkyl halides is 8. The summed E-state index contributed by atoms with van der Waals surface area (Å²) in [6.45, 7) is 0. The Balaban J connectivity index is 4.67. The fraction of sp³-hybridized carbons (Fsp3) is 0.667. The Labute approximate surface area is 87.3 Å². The van der Waals surface area contributed by atoms with Crippen LogP contribution in [0.2, 0.25) is 0 Å². The average molecular weight is 274 g/mol. The lowest BCUT2D eigenvalue weighted by Gasteiger charge is -2.15. The van der Waals surface area contributed by atoms with Crippen molar-refractivity contribution in [3.05, 3.63) is 0 Å². The van der Waals surface area contributed by atoms with Gasteiger partial charge in [-0.2, -0.15) is 22.0 Å². The summed E-state index contributed by atoms with van der Waals surface area (Å²) in [5.74, 6) is -11.8. The highest BCUT2D eigenvalue weighted by Crippen LogP contribution is 2.27. The van der Waals surface area contributed by atoms with E-state index in [1.807, 2.05) is 0 Å². The number of hydrogen-bond acceptors (Lipinski definition) is 3. The van der Waals surface area contributed by atoms with Crippen molar-refractivity contribution in [2.75, 3.05) is 0 Å². The number of esters is 2. The second-order valence-corrected chi connectivity index (χ2v) is 2.54. The maximum atomic E-state index is 12.1. The van der Waals surface area contributed by atoms with Gasteiger partial charge in [0.1, 0.15) is 0 Å². The van der Waals surface area contributed by atoms with Crippen molar-refractivity contribution in [3.63, 3.8) is 0 Å². The number of rotatable bonds is 3. The monoisotopic (exact) mass is 274 g/mol. The molecule has 0 aliphatic rings. The van der Waals surface area contributed by atoms with Crippen LogP contribution in [0.15, 0.2) is 0 Å². The molecular weight excluding hydrogens is 272 g/mol. The maximum absolute atomic E-state index is 12.1. The van der Waals surface area contributed by atoms with Gasteiger partial charge in [-0.25, -0.2) is 22.8 Å². The summed E-state index contributed by atoms with van der Waals surface area (Å²) in [6, 6.07) is 0. The van der Waals surface area contributed by atoms with E-state index in [0.717, 1.165) is 0 Å². The highest BCUT2D eigenvalue weighted by Gasteiger charge is 2.54. The van der Waals surface area contributed by atoms with Crippen LogP contribution in [0.25, 0.3) is 0 Å². The van der Waals surface area contributed by atoms with Gasteiger partial charge < -0.3 is 4.74 Å². The first kappa shape index (κ1) is 15.6. The third kappa shape index (κ3) is 3.82. The van der Waals surface area contributed by atoms with Gasteiger partial charge >= 0.3 is 30.5 Å². The van der Waals surface area contributed by atoms with Crippen LogP contribution in [-0.2, 0) is 14.3 Å². The molecule has 0 bridgehead atoms. The highest BCUT2D eigenvalue weighted by atomic mass is 19.4. The van der Waals surface area contributed by atoms with E-state index in [0.29, 0.717) is 0 Å². The second-order valence-electron chi connectivity index (χ2n) is 2.54. The van der Waals surface area contributed by atoms with E-state index in [1.165, 1.54) is 0 Å². The summed E-state index contributed by atoms with van der Waals surface area (Å²) in [7, 11) is 0. The zero-order chi connectivity index (χ0) is 14.0. The third-order valence-electron chi connectivity index (χ3n) is 1.23. The molecule has 3 nitrogen and oxygen atoms in total. The molecule has 0 aliphatic heterocycles. The van der Waals surface area contributed by atoms with Crippen molar-refractivity contribution in [2.45, 2.75) is 24.7 Å². The van der Waals surface area contributed by atoms with Crippen LogP contribution in [0.5, 0.6) is 0 Å². The number of hydrogen-bond donors (Lipinski definition) is 0. The minimum atomic E-state index is -5.79. The molecule has 100 valence electrons. The van der Waals surface area contributed by atoms with Crippen molar-refractivity contribution >= 4 is 11.9 Å². The molecule has 0 spiro atoms. The van der Waals surface area contributed by atoms with Crippen molar-refractivity contribution < 1.29 is 49.4 Å². The number of carbonyl (C=O) groups excluding carboxylic acids is 2. The van der Waals surface area contributed by atoms with E-state index >= 15 is 0 Å². The van der Waals surface area contributed by atoms with E-state index in [1.54, 1.807) is 0 Å². The van der Waals surface area contributed by atoms with E-state index in [9.17, 15) is 44.7 Å². The smallest absolute Gasteiger partial charge is 0.386 e. The topological polar surface area (TPSA) is 43.4 Å². The molecule has 11 heteroatoms. The minimum absolute atomic E-state index is 2.66. The average Bonchev–Trinajstić information content (AvgIpc) is 2.14. The van der Waals surface area contributed by atoms with Gasteiger partial charge in [-0.15, -0.1) is 0 Å². The fourth-order valence-corrected chi connectivity index (χ4v) is 0.434. The van der Waals surface area contributed by atoms with Crippen LogP contribution in [0.1, 0.15) is 0 Å². The molecule has 0 rings (SSSR count). The molecular formula is C6H2F8O3. The Hall–Kier alpha value is -1.42. The van der Waals surface area contributed by atoms with Crippen molar-refractivity contribution in [1.82, 2.24) is 0 Å². The van der Waals surface area contributed by atoms with Gasteiger partial charge in [0.05, 0.1) is 0 Å². The van der Waals surface area contributed by atoms with Crippen LogP contribution in [0.4, 0.5) is 35.1 Å². The van der Waals surface area contributed by atoms with Gasteiger partial charge in [0, 0.05) is 0 Å². The van der Waals surface area contributed by atoms with Gasteiger partial charge in [0.2, 0.25) is 0 Å². The summed E-state index contributed by atoms with van der Waals surface area (Å²) in [6.07, 6.45) is -14.8. The first-order chi connectivity index (χ1) is 7.40. The molecule has 1 atom stereocenters. The second kappa shape index (κ2) is 4.84. The van der Waals surface area contributed by atoms with Crippen molar-refractivity contribution in [3.8, 4) is 0 Å². The predicted octanol–water partition coefficient (Wildman–Crippen LogP) is 1.86. The Bertz CT molecular complexity index is 309. The first-order valence-corrected chi connectivity index (χ1v) is 3.53. The van der Waals surface area contributed by atoms with E-state index in [-0.39, 0.29) is 0 Å². The SMILES string of the molecule is O=C(OC(=O)C(F)(F)C(F)F)C(F)C(F)(F)F. The van der Waals surface area contributed by atoms with E-state index in [4.69, 9.17) is 0 Å². The Kier molecular flexibility index (Phi) is 4.43. The molecule has 0 saturated carbocycles. The van der Waals surface area contributed by atoms with Gasteiger partial charge in [-0.3, -0.25) is 0 Å². The standard InChI is InChI=1S/C6H2F8O3/c7-1(6(12,13)14)2(15)17-4(16)5(10,11)3(8)9/h1,3H. The van der Waals surface area contributed by atoms with Crippen LogP contribution in [0.3, 0.4) is 0 Å². The van der Waals surface area contributed by atoms with E-state index < -0.39 is 36.6 Å². The number of ether oxygens (including phenoxy) is 1. The molecule has 0 aromatic carbocycles. The van der Waals surface area contributed by atoms with Crippen LogP contribution in [-0.4, -0.2) is 36.6 Å². The quantitative estimate of drug-likeness (QED) is 0.448. The van der Waals surface area contributed by atoms with Gasteiger partial charge in [0.15, 0.2) is 0 Å². The summed E-state index contributed by atoms with van der Waals surface area (Å²) in [5.41, 5.74) is 0. The molecule has 17 heavy (non-hydrogen) atoms. The van der Waals surface area contributed by atoms with Crippen LogP contribution < -0.4 is 0 Å². The molecule has 0 N–H and O–H groups in total. The normalized spacial score (nSPS) is 14.6. The van der Waals surface area contributed by atoms with Gasteiger partial charge in [-0.1, -0.05) is 0 Å². The van der Waals surface area contributed by atoms with Crippen LogP contribution in [0, 0.1) is 0 Å². The lowest BCUT2D eigenvalue weighted by Crippen LogP contribution is -2.43. The molecule has 0 fully saturated rings. The van der Waals surface area contributed by atoms with E-state index in [2.05, 4.69) is 4.74 Å². The molecule has 0 heterocycles. The van der Waals surface area contributed by atoms with Gasteiger partial charge in [0.25, 0.3) is 6.17 Å². The fourth-order valence-electron chi connectivity index (χ4n) is 0.434. The highest BCUT2D eigenvalue weighted by molar-refractivity contribution is 5.91. The third-order valence-corrected chi connectivity index (χ3v) is 1.23. The molecule has 1 unspecified atom stereocenters. The summed E-state index contributed by atoms with van der Waals surface area (Å²) < 4.78 is 96.3. The Morgan fingerprint density at radius 2 is 1.35 bits per heavy atom. The molecule has 0 aromatic rings. The van der Waals surface area contributed by atoms with Gasteiger partial charge in [-0.05, 0) is 0 Å². The minimum Gasteiger partial charge on any atom is -0.386 e. The molecule has 0 saturated heterocycles. The summed E-state index contributed by atoms with van der Waals surface area (Å²) >= 11 is 0. The lowest BCUT2D eigenvalue weighted by molar-refractivity contribution is -0.214. The zero-order valence-electron chi connectivity index (χ0n) is 7.40. The number of carbonyl (C=O) groups is 2. The van der Waals surface area contributed by atoms with Crippen molar-refractivity contribution in [1.29, 1.82) is 0 Å². The number of halogens is 8. The maximum Gasteiger partial charge on any atom is 0.430 e. The molecule has 0 amide bonds.